The zero-order chi connectivity index (χ0) is 6.27. The zero-order valence-electron chi connectivity index (χ0n) is 5.67. The van der Waals surface area contributed by atoms with Crippen molar-refractivity contribution in [3.8, 4) is 0 Å². The summed E-state index contributed by atoms with van der Waals surface area (Å²) in [6.07, 6.45) is 3.94. The fourth-order valence-electron chi connectivity index (χ4n) is 1.25. The molecule has 0 radical (unpaired) electrons. The van der Waals surface area contributed by atoms with Crippen LogP contribution in [0, 0.1) is 0 Å². The van der Waals surface area contributed by atoms with Gasteiger partial charge in [0.15, 0.2) is 0 Å². The zero-order valence-corrected chi connectivity index (χ0v) is 5.67. The van der Waals surface area contributed by atoms with Gasteiger partial charge in [-0.2, -0.15) is 0 Å². The van der Waals surface area contributed by atoms with Gasteiger partial charge in [-0.15, -0.1) is 0 Å². The van der Waals surface area contributed by atoms with Gasteiger partial charge >= 0.3 is 0 Å². The van der Waals surface area contributed by atoms with Crippen LogP contribution >= 0.6 is 0 Å². The summed E-state index contributed by atoms with van der Waals surface area (Å²) in [6, 6.07) is 0. The lowest BCUT2D eigenvalue weighted by Crippen LogP contribution is -2.00. The molecule has 52 valence electrons. The van der Waals surface area contributed by atoms with Crippen molar-refractivity contribution in [3.05, 3.63) is 0 Å². The highest BCUT2D eigenvalue weighted by molar-refractivity contribution is 4.96. The van der Waals surface area contributed by atoms with Crippen LogP contribution in [0.5, 0.6) is 0 Å². The Morgan fingerprint density at radius 1 is 1.56 bits per heavy atom. The Morgan fingerprint density at radius 3 is 2.89 bits per heavy atom. The van der Waals surface area contributed by atoms with Gasteiger partial charge in [0.25, 0.3) is 0 Å². The van der Waals surface area contributed by atoms with E-state index in [1.54, 1.807) is 0 Å². The van der Waals surface area contributed by atoms with E-state index in [1.807, 2.05) is 0 Å². The van der Waals surface area contributed by atoms with Crippen LogP contribution in [0.2, 0.25) is 0 Å². The van der Waals surface area contributed by atoms with Gasteiger partial charge < -0.3 is 9.47 Å². The Morgan fingerprint density at radius 2 is 2.33 bits per heavy atom. The minimum Gasteiger partial charge on any atom is -0.370 e. The molecular formula is C7H12O2. The molecule has 3 atom stereocenters. The summed E-state index contributed by atoms with van der Waals surface area (Å²) in [4.78, 5) is 0. The lowest BCUT2D eigenvalue weighted by atomic mass is 10.2. The van der Waals surface area contributed by atoms with Crippen molar-refractivity contribution in [1.82, 2.24) is 0 Å². The summed E-state index contributed by atoms with van der Waals surface area (Å²) in [5.41, 5.74) is 0. The molecule has 0 aromatic carbocycles. The Bertz CT molecular complexity index is 109. The van der Waals surface area contributed by atoms with Gasteiger partial charge in [0.2, 0.25) is 0 Å². The number of hydrogen-bond acceptors (Lipinski definition) is 2. The standard InChI is InChI=1S/C7H12O2/c1-2-3-5-7(9-5)6-4-8-6/h5-7H,2-4H2,1H3. The van der Waals surface area contributed by atoms with Crippen LogP contribution in [0.4, 0.5) is 0 Å². The SMILES string of the molecule is CCCC1OC1C1CO1. The van der Waals surface area contributed by atoms with Gasteiger partial charge in [-0.05, 0) is 6.42 Å². The van der Waals surface area contributed by atoms with Crippen LogP contribution < -0.4 is 0 Å². The second-order valence-electron chi connectivity index (χ2n) is 2.80. The first-order valence-corrected chi connectivity index (χ1v) is 3.69. The quantitative estimate of drug-likeness (QED) is 0.529. The van der Waals surface area contributed by atoms with E-state index in [0.717, 1.165) is 6.61 Å². The van der Waals surface area contributed by atoms with E-state index >= 15 is 0 Å². The van der Waals surface area contributed by atoms with Crippen molar-refractivity contribution in [2.24, 2.45) is 0 Å². The third-order valence-electron chi connectivity index (χ3n) is 1.92. The average molecular weight is 128 g/mol. The van der Waals surface area contributed by atoms with E-state index in [-0.39, 0.29) is 0 Å². The first-order chi connectivity index (χ1) is 4.42. The molecule has 2 nitrogen and oxygen atoms in total. The number of hydrogen-bond donors (Lipinski definition) is 0. The third kappa shape index (κ3) is 1.10. The first-order valence-electron chi connectivity index (χ1n) is 3.69. The largest absolute Gasteiger partial charge is 0.370 e. The van der Waals surface area contributed by atoms with Crippen molar-refractivity contribution in [2.75, 3.05) is 6.61 Å². The molecule has 0 amide bonds. The molecule has 0 aromatic heterocycles. The molecule has 2 aliphatic rings. The van der Waals surface area contributed by atoms with Gasteiger partial charge in [0.1, 0.15) is 12.2 Å². The predicted octanol–water partition coefficient (Wildman–Crippen LogP) is 0.953. The second-order valence-corrected chi connectivity index (χ2v) is 2.80. The van der Waals surface area contributed by atoms with Gasteiger partial charge in [-0.1, -0.05) is 13.3 Å². The molecule has 2 heterocycles. The van der Waals surface area contributed by atoms with Crippen LogP contribution in [0.15, 0.2) is 0 Å². The summed E-state index contributed by atoms with van der Waals surface area (Å²) in [6.45, 7) is 3.12. The molecular weight excluding hydrogens is 116 g/mol. The minimum atomic E-state index is 0.474. The van der Waals surface area contributed by atoms with E-state index in [0.29, 0.717) is 18.3 Å². The fraction of sp³-hybridized carbons (Fsp3) is 1.00. The molecule has 3 unspecified atom stereocenters. The highest BCUT2D eigenvalue weighted by Gasteiger charge is 2.50. The summed E-state index contributed by atoms with van der Waals surface area (Å²) in [5, 5.41) is 0. The van der Waals surface area contributed by atoms with Crippen molar-refractivity contribution in [1.29, 1.82) is 0 Å². The second kappa shape index (κ2) is 1.96. The molecule has 9 heavy (non-hydrogen) atoms. The summed E-state index contributed by atoms with van der Waals surface area (Å²) >= 11 is 0. The van der Waals surface area contributed by atoms with Crippen LogP contribution in [-0.2, 0) is 9.47 Å². The molecule has 0 aliphatic carbocycles. The lowest BCUT2D eigenvalue weighted by molar-refractivity contribution is 0.313. The molecule has 0 saturated carbocycles. The van der Waals surface area contributed by atoms with E-state index in [2.05, 4.69) is 6.92 Å². The fourth-order valence-corrected chi connectivity index (χ4v) is 1.25. The highest BCUT2D eigenvalue weighted by Crippen LogP contribution is 2.35. The van der Waals surface area contributed by atoms with Crippen molar-refractivity contribution >= 4 is 0 Å². The maximum Gasteiger partial charge on any atom is 0.112 e. The van der Waals surface area contributed by atoms with E-state index in [4.69, 9.17) is 9.47 Å². The van der Waals surface area contributed by atoms with Crippen LogP contribution in [0.1, 0.15) is 19.8 Å². The molecule has 0 bridgehead atoms. The summed E-state index contributed by atoms with van der Waals surface area (Å²) < 4.78 is 10.4. The summed E-state index contributed by atoms with van der Waals surface area (Å²) in [7, 11) is 0. The van der Waals surface area contributed by atoms with Gasteiger partial charge in [0.05, 0.1) is 12.7 Å². The molecule has 2 fully saturated rings. The predicted molar refractivity (Wildman–Crippen MR) is 33.3 cm³/mol. The Labute approximate surface area is 55.1 Å². The number of ether oxygens (including phenoxy) is 2. The third-order valence-corrected chi connectivity index (χ3v) is 1.92. The van der Waals surface area contributed by atoms with Crippen molar-refractivity contribution in [3.63, 3.8) is 0 Å². The van der Waals surface area contributed by atoms with Crippen molar-refractivity contribution in [2.45, 2.75) is 38.1 Å². The molecule has 2 saturated heterocycles. The molecule has 0 N–H and O–H groups in total. The normalized spacial score (nSPS) is 47.0. The molecule has 2 heteroatoms. The first kappa shape index (κ1) is 5.69. The Balaban J connectivity index is 1.69. The summed E-state index contributed by atoms with van der Waals surface area (Å²) in [5.74, 6) is 0. The smallest absolute Gasteiger partial charge is 0.112 e. The van der Waals surface area contributed by atoms with E-state index < -0.39 is 0 Å². The molecule has 2 aliphatic heterocycles. The van der Waals surface area contributed by atoms with E-state index in [1.165, 1.54) is 12.8 Å². The topological polar surface area (TPSA) is 25.1 Å². The number of epoxide rings is 2. The molecule has 0 aromatic rings. The van der Waals surface area contributed by atoms with Crippen LogP contribution in [-0.4, -0.2) is 24.9 Å². The van der Waals surface area contributed by atoms with Crippen LogP contribution in [0.3, 0.4) is 0 Å². The Hall–Kier alpha value is -0.0800. The van der Waals surface area contributed by atoms with Crippen LogP contribution in [0.25, 0.3) is 0 Å². The Kier molecular flexibility index (Phi) is 1.24. The van der Waals surface area contributed by atoms with Gasteiger partial charge in [0, 0.05) is 0 Å². The average Bonchev–Trinajstić information content (AvgIpc) is 2.58. The lowest BCUT2D eigenvalue weighted by Gasteiger charge is -1.84. The molecule has 2 rings (SSSR count). The maximum atomic E-state index is 5.36. The van der Waals surface area contributed by atoms with E-state index in [9.17, 15) is 0 Å². The maximum absolute atomic E-state index is 5.36. The van der Waals surface area contributed by atoms with Gasteiger partial charge in [-0.25, -0.2) is 0 Å². The number of rotatable bonds is 3. The minimum absolute atomic E-state index is 0.474. The monoisotopic (exact) mass is 128 g/mol. The van der Waals surface area contributed by atoms with Gasteiger partial charge in [-0.3, -0.25) is 0 Å². The van der Waals surface area contributed by atoms with Crippen molar-refractivity contribution < 1.29 is 9.47 Å². The molecule has 0 spiro atoms. The highest BCUT2D eigenvalue weighted by atomic mass is 16.7.